The Bertz CT molecular complexity index is 904. The first-order valence-electron chi connectivity index (χ1n) is 12.6. The van der Waals surface area contributed by atoms with Crippen LogP contribution in [0.3, 0.4) is 0 Å². The van der Waals surface area contributed by atoms with Crippen molar-refractivity contribution in [3.63, 3.8) is 0 Å². The second-order valence-corrected chi connectivity index (χ2v) is 7.68. The van der Waals surface area contributed by atoms with Crippen molar-refractivity contribution in [1.29, 1.82) is 0 Å². The first kappa shape index (κ1) is 31.1. The van der Waals surface area contributed by atoms with Crippen molar-refractivity contribution in [1.82, 2.24) is 29.9 Å². The lowest BCUT2D eigenvalue weighted by Gasteiger charge is -2.25. The van der Waals surface area contributed by atoms with Gasteiger partial charge in [0.2, 0.25) is 35.7 Å². The molecule has 0 aromatic carbocycles. The fourth-order valence-corrected chi connectivity index (χ4v) is 3.05. The molecule has 0 bridgehead atoms. The molecule has 2 heterocycles. The molecule has 0 spiro atoms. The molecule has 0 radical (unpaired) electrons. The fraction of sp³-hybridized carbons (Fsp3) is 0.520. The van der Waals surface area contributed by atoms with E-state index in [1.807, 2.05) is 44.0 Å². The lowest BCUT2D eigenvalue weighted by molar-refractivity contribution is 0.790. The van der Waals surface area contributed by atoms with Gasteiger partial charge in [0.15, 0.2) is 0 Å². The minimum absolute atomic E-state index is 0.562. The Kier molecular flexibility index (Phi) is 14.7. The SMILES string of the molecule is C=CCN(C)c1nc(N(CC)CC=C)nc(N(CC)CC=C)n1.CCNc1nc(NC)nc(NCC)n1. The predicted octanol–water partition coefficient (Wildman–Crippen LogP) is 3.30. The molecule has 2 rings (SSSR count). The Morgan fingerprint density at radius 3 is 1.38 bits per heavy atom. The van der Waals surface area contributed by atoms with E-state index in [1.165, 1.54) is 0 Å². The summed E-state index contributed by atoms with van der Waals surface area (Å²) in [7, 11) is 3.72. The van der Waals surface area contributed by atoms with E-state index in [0.29, 0.717) is 55.3 Å². The molecule has 0 unspecified atom stereocenters. The summed E-state index contributed by atoms with van der Waals surface area (Å²) in [6, 6.07) is 0. The van der Waals surface area contributed by atoms with Crippen LogP contribution < -0.4 is 30.7 Å². The predicted molar refractivity (Wildman–Crippen MR) is 157 cm³/mol. The average molecular weight is 513 g/mol. The molecule has 2 aromatic rings. The van der Waals surface area contributed by atoms with Crippen LogP contribution in [0.1, 0.15) is 27.7 Å². The topological polar surface area (TPSA) is 123 Å². The molecule has 12 nitrogen and oxygen atoms in total. The van der Waals surface area contributed by atoms with E-state index in [2.05, 4.69) is 89.2 Å². The summed E-state index contributed by atoms with van der Waals surface area (Å²) in [5.74, 6) is 3.68. The molecule has 0 fully saturated rings. The number of hydrogen-bond acceptors (Lipinski definition) is 12. The third kappa shape index (κ3) is 10.3. The maximum absolute atomic E-state index is 4.64. The average Bonchev–Trinajstić information content (AvgIpc) is 2.90. The van der Waals surface area contributed by atoms with Crippen molar-refractivity contribution >= 4 is 35.7 Å². The molecule has 0 saturated heterocycles. The van der Waals surface area contributed by atoms with Gasteiger partial charge in [0.1, 0.15) is 0 Å². The van der Waals surface area contributed by atoms with Gasteiger partial charge in [-0.3, -0.25) is 0 Å². The molecule has 0 aliphatic carbocycles. The zero-order valence-electron chi connectivity index (χ0n) is 23.3. The minimum Gasteiger partial charge on any atom is -0.357 e. The number of likely N-dealkylation sites (N-methyl/N-ethyl adjacent to an activating group) is 3. The fourth-order valence-electron chi connectivity index (χ4n) is 3.05. The molecule has 0 atom stereocenters. The van der Waals surface area contributed by atoms with E-state index in [1.54, 1.807) is 7.05 Å². The lowest BCUT2D eigenvalue weighted by Crippen LogP contribution is -2.31. The molecule has 0 saturated carbocycles. The molecule has 0 aliphatic rings. The lowest BCUT2D eigenvalue weighted by atomic mass is 10.5. The van der Waals surface area contributed by atoms with Crippen LogP contribution in [0.4, 0.5) is 35.7 Å². The summed E-state index contributed by atoms with van der Waals surface area (Å²) in [5, 5.41) is 8.96. The van der Waals surface area contributed by atoms with Gasteiger partial charge in [-0.1, -0.05) is 18.2 Å². The van der Waals surface area contributed by atoms with Crippen LogP contribution in [0.5, 0.6) is 0 Å². The van der Waals surface area contributed by atoms with Crippen LogP contribution in [-0.4, -0.2) is 89.8 Å². The Morgan fingerprint density at radius 2 is 1.03 bits per heavy atom. The highest BCUT2D eigenvalue weighted by molar-refractivity contribution is 5.47. The third-order valence-corrected chi connectivity index (χ3v) is 4.90. The zero-order chi connectivity index (χ0) is 27.6. The van der Waals surface area contributed by atoms with Crippen LogP contribution in [0.25, 0.3) is 0 Å². The highest BCUT2D eigenvalue weighted by Gasteiger charge is 2.16. The minimum atomic E-state index is 0.562. The van der Waals surface area contributed by atoms with E-state index in [9.17, 15) is 0 Å². The largest absolute Gasteiger partial charge is 0.357 e. The molecule has 204 valence electrons. The van der Waals surface area contributed by atoms with Gasteiger partial charge in [-0.2, -0.15) is 29.9 Å². The maximum Gasteiger partial charge on any atom is 0.232 e. The Hall–Kier alpha value is -3.96. The first-order valence-corrected chi connectivity index (χ1v) is 12.6. The van der Waals surface area contributed by atoms with Crippen molar-refractivity contribution in [2.24, 2.45) is 0 Å². The van der Waals surface area contributed by atoms with Crippen molar-refractivity contribution < 1.29 is 0 Å². The smallest absolute Gasteiger partial charge is 0.232 e. The summed E-state index contributed by atoms with van der Waals surface area (Å²) < 4.78 is 0. The molecule has 2 aromatic heterocycles. The molecule has 0 aliphatic heterocycles. The van der Waals surface area contributed by atoms with Gasteiger partial charge < -0.3 is 30.7 Å². The summed E-state index contributed by atoms with van der Waals surface area (Å²) >= 11 is 0. The van der Waals surface area contributed by atoms with Gasteiger partial charge in [-0.15, -0.1) is 19.7 Å². The van der Waals surface area contributed by atoms with Gasteiger partial charge in [0.05, 0.1) is 0 Å². The van der Waals surface area contributed by atoms with E-state index in [4.69, 9.17) is 0 Å². The Labute approximate surface area is 222 Å². The molecule has 37 heavy (non-hydrogen) atoms. The highest BCUT2D eigenvalue weighted by atomic mass is 15.4. The van der Waals surface area contributed by atoms with Crippen LogP contribution in [-0.2, 0) is 0 Å². The first-order chi connectivity index (χ1) is 17.9. The normalized spacial score (nSPS) is 9.89. The zero-order valence-corrected chi connectivity index (χ0v) is 23.3. The number of nitrogens with zero attached hydrogens (tertiary/aromatic N) is 9. The van der Waals surface area contributed by atoms with E-state index in [-0.39, 0.29) is 0 Å². The number of aromatic nitrogens is 6. The Morgan fingerprint density at radius 1 is 0.622 bits per heavy atom. The van der Waals surface area contributed by atoms with Gasteiger partial charge in [0, 0.05) is 59.9 Å². The van der Waals surface area contributed by atoms with Gasteiger partial charge in [-0.25, -0.2) is 0 Å². The van der Waals surface area contributed by atoms with Crippen molar-refractivity contribution in [3.05, 3.63) is 38.0 Å². The number of rotatable bonds is 16. The molecule has 0 amide bonds. The van der Waals surface area contributed by atoms with Crippen LogP contribution in [0.15, 0.2) is 38.0 Å². The number of nitrogens with one attached hydrogen (secondary N) is 3. The van der Waals surface area contributed by atoms with E-state index < -0.39 is 0 Å². The van der Waals surface area contributed by atoms with Crippen molar-refractivity contribution in [3.8, 4) is 0 Å². The molecule has 12 heteroatoms. The maximum atomic E-state index is 4.64. The van der Waals surface area contributed by atoms with Gasteiger partial charge in [-0.05, 0) is 27.7 Å². The van der Waals surface area contributed by atoms with Gasteiger partial charge >= 0.3 is 0 Å². The summed E-state index contributed by atoms with van der Waals surface area (Å²) in [6.07, 6.45) is 5.52. The van der Waals surface area contributed by atoms with Crippen molar-refractivity contribution in [2.75, 3.05) is 90.6 Å². The quantitative estimate of drug-likeness (QED) is 0.286. The van der Waals surface area contributed by atoms with Crippen LogP contribution in [0, 0.1) is 0 Å². The Balaban J connectivity index is 0.000000417. The monoisotopic (exact) mass is 512 g/mol. The van der Waals surface area contributed by atoms with E-state index >= 15 is 0 Å². The number of anilines is 6. The number of hydrogen-bond donors (Lipinski definition) is 3. The summed E-state index contributed by atoms with van der Waals surface area (Å²) in [4.78, 5) is 32.4. The van der Waals surface area contributed by atoms with Crippen LogP contribution in [0.2, 0.25) is 0 Å². The van der Waals surface area contributed by atoms with Crippen molar-refractivity contribution in [2.45, 2.75) is 27.7 Å². The van der Waals surface area contributed by atoms with E-state index in [0.717, 1.165) is 26.2 Å². The molecule has 3 N–H and O–H groups in total. The summed E-state index contributed by atoms with van der Waals surface area (Å²) in [5.41, 5.74) is 0. The second kappa shape index (κ2) is 17.5. The second-order valence-electron chi connectivity index (χ2n) is 7.68. The van der Waals surface area contributed by atoms with Gasteiger partial charge in [0.25, 0.3) is 0 Å². The molecular formula is C25H44N12. The third-order valence-electron chi connectivity index (χ3n) is 4.90. The van der Waals surface area contributed by atoms with Crippen LogP contribution >= 0.6 is 0 Å². The summed E-state index contributed by atoms with van der Waals surface area (Å²) in [6.45, 7) is 24.7. The molecular weight excluding hydrogens is 468 g/mol. The standard InChI is InChI=1S/C17H28N6.C8H16N6/c1-7-12-21(6)15-18-16(22(10-4)13-8-2)20-17(19-15)23(11-5)14-9-3;1-4-10-7-12-6(9-3)13-8(14-7)11-5-2/h7-9H,1-3,10-14H2,4-6H3;4-5H2,1-3H3,(H3,9,10,11,12,13,14). The highest BCUT2D eigenvalue weighted by Crippen LogP contribution is 2.18.